The summed E-state index contributed by atoms with van der Waals surface area (Å²) in [6, 6.07) is 3.48. The summed E-state index contributed by atoms with van der Waals surface area (Å²) < 4.78 is 30.4. The van der Waals surface area contributed by atoms with Crippen molar-refractivity contribution in [2.75, 3.05) is 24.7 Å². The van der Waals surface area contributed by atoms with Crippen LogP contribution in [0.2, 0.25) is 0 Å². The topological polar surface area (TPSA) is 83.6 Å². The first-order valence-corrected chi connectivity index (χ1v) is 7.22. The molecule has 0 amide bonds. The third-order valence-electron chi connectivity index (χ3n) is 2.05. The molecule has 90 valence electrons. The monoisotopic (exact) mass is 262 g/mol. The third-order valence-corrected chi connectivity index (χ3v) is 3.94. The van der Waals surface area contributed by atoms with E-state index in [2.05, 4.69) is 0 Å². The number of benzene rings is 1. The highest BCUT2D eigenvalue weighted by atomic mass is 33.1. The molecule has 7 heteroatoms. The van der Waals surface area contributed by atoms with Gasteiger partial charge in [0.15, 0.2) is 0 Å². The standard InChI is InChI=1S/C9H14N2O3S2/c1-6-4-7(11(2)3)5-8(9(6)10)15-16(12,13)14/h4-5H,10H2,1-3H3,(H,12,13,14). The van der Waals surface area contributed by atoms with Crippen molar-refractivity contribution in [3.63, 3.8) is 0 Å². The van der Waals surface area contributed by atoms with Gasteiger partial charge >= 0.3 is 9.15 Å². The Morgan fingerprint density at radius 2 is 1.94 bits per heavy atom. The zero-order valence-corrected chi connectivity index (χ0v) is 10.9. The van der Waals surface area contributed by atoms with E-state index in [0.717, 1.165) is 11.3 Å². The van der Waals surface area contributed by atoms with E-state index in [-0.39, 0.29) is 0 Å². The Balaban J connectivity index is 3.27. The zero-order chi connectivity index (χ0) is 12.5. The number of aryl methyl sites for hydroxylation is 1. The predicted octanol–water partition coefficient (Wildman–Crippen LogP) is 1.54. The fourth-order valence-electron chi connectivity index (χ4n) is 1.19. The van der Waals surface area contributed by atoms with Gasteiger partial charge in [-0.1, -0.05) is 0 Å². The van der Waals surface area contributed by atoms with Crippen LogP contribution in [-0.4, -0.2) is 27.1 Å². The van der Waals surface area contributed by atoms with Gasteiger partial charge < -0.3 is 10.6 Å². The first-order chi connectivity index (χ1) is 7.20. The van der Waals surface area contributed by atoms with Gasteiger partial charge in [0, 0.05) is 36.3 Å². The van der Waals surface area contributed by atoms with Gasteiger partial charge in [-0.15, -0.1) is 0 Å². The Hall–Kier alpha value is -0.920. The molecule has 0 atom stereocenters. The van der Waals surface area contributed by atoms with Crippen molar-refractivity contribution in [3.8, 4) is 0 Å². The average Bonchev–Trinajstić information content (AvgIpc) is 2.10. The number of hydrogen-bond acceptors (Lipinski definition) is 5. The van der Waals surface area contributed by atoms with Gasteiger partial charge in [-0.3, -0.25) is 4.55 Å². The van der Waals surface area contributed by atoms with E-state index in [1.807, 2.05) is 25.1 Å². The highest BCUT2D eigenvalue weighted by molar-refractivity contribution is 8.70. The molecule has 16 heavy (non-hydrogen) atoms. The number of nitrogen functional groups attached to an aromatic ring is 1. The maximum Gasteiger partial charge on any atom is 0.324 e. The summed E-state index contributed by atoms with van der Waals surface area (Å²) in [6.07, 6.45) is 0. The number of hydrogen-bond donors (Lipinski definition) is 2. The van der Waals surface area contributed by atoms with Crippen LogP contribution >= 0.6 is 10.8 Å². The van der Waals surface area contributed by atoms with Crippen molar-refractivity contribution in [1.82, 2.24) is 0 Å². The molecule has 3 N–H and O–H groups in total. The van der Waals surface area contributed by atoms with E-state index in [9.17, 15) is 8.42 Å². The fraction of sp³-hybridized carbons (Fsp3) is 0.333. The number of nitrogens with two attached hydrogens (primary N) is 1. The molecule has 0 aliphatic carbocycles. The fourth-order valence-corrected chi connectivity index (χ4v) is 2.93. The van der Waals surface area contributed by atoms with Crippen molar-refractivity contribution in [2.24, 2.45) is 0 Å². The van der Waals surface area contributed by atoms with Crippen LogP contribution in [0.25, 0.3) is 0 Å². The molecule has 1 aromatic carbocycles. The second-order valence-corrected chi connectivity index (χ2v) is 6.81. The van der Waals surface area contributed by atoms with Crippen LogP contribution in [0.1, 0.15) is 5.56 Å². The second-order valence-electron chi connectivity index (χ2n) is 3.58. The summed E-state index contributed by atoms with van der Waals surface area (Å²) in [5.41, 5.74) is 7.72. The van der Waals surface area contributed by atoms with Crippen molar-refractivity contribution < 1.29 is 13.0 Å². The minimum Gasteiger partial charge on any atom is -0.398 e. The Morgan fingerprint density at radius 1 is 1.38 bits per heavy atom. The first-order valence-electron chi connectivity index (χ1n) is 4.45. The maximum absolute atomic E-state index is 10.8. The highest BCUT2D eigenvalue weighted by Gasteiger charge is 2.14. The summed E-state index contributed by atoms with van der Waals surface area (Å²) in [4.78, 5) is 2.17. The van der Waals surface area contributed by atoms with Crippen molar-refractivity contribution in [1.29, 1.82) is 0 Å². The summed E-state index contributed by atoms with van der Waals surface area (Å²) in [5, 5.41) is 0. The zero-order valence-electron chi connectivity index (χ0n) is 9.26. The number of nitrogens with zero attached hydrogens (tertiary/aromatic N) is 1. The van der Waals surface area contributed by atoms with Gasteiger partial charge in [-0.25, -0.2) is 0 Å². The maximum atomic E-state index is 10.8. The molecule has 0 saturated heterocycles. The van der Waals surface area contributed by atoms with Crippen LogP contribution in [-0.2, 0) is 9.15 Å². The van der Waals surface area contributed by atoms with E-state index in [1.54, 1.807) is 13.0 Å². The normalized spacial score (nSPS) is 11.5. The quantitative estimate of drug-likeness (QED) is 0.488. The summed E-state index contributed by atoms with van der Waals surface area (Å²) in [7, 11) is -0.111. The van der Waals surface area contributed by atoms with Crippen molar-refractivity contribution >= 4 is 31.3 Å². The van der Waals surface area contributed by atoms with Crippen LogP contribution in [0.5, 0.6) is 0 Å². The smallest absolute Gasteiger partial charge is 0.324 e. The van der Waals surface area contributed by atoms with E-state index in [0.29, 0.717) is 21.4 Å². The van der Waals surface area contributed by atoms with E-state index in [1.165, 1.54) is 0 Å². The average molecular weight is 262 g/mol. The molecular formula is C9H14N2O3S2. The molecule has 5 nitrogen and oxygen atoms in total. The van der Waals surface area contributed by atoms with Gasteiger partial charge in [0.2, 0.25) is 0 Å². The predicted molar refractivity (Wildman–Crippen MR) is 67.3 cm³/mol. The van der Waals surface area contributed by atoms with Crippen LogP contribution in [0, 0.1) is 6.92 Å². The molecule has 0 aliphatic heterocycles. The van der Waals surface area contributed by atoms with Crippen molar-refractivity contribution in [2.45, 2.75) is 11.8 Å². The molecule has 0 bridgehead atoms. The Morgan fingerprint density at radius 3 is 2.38 bits per heavy atom. The molecule has 0 heterocycles. The van der Waals surface area contributed by atoms with Gasteiger partial charge in [0.05, 0.1) is 4.90 Å². The highest BCUT2D eigenvalue weighted by Crippen LogP contribution is 2.34. The lowest BCUT2D eigenvalue weighted by Crippen LogP contribution is -2.10. The summed E-state index contributed by atoms with van der Waals surface area (Å²) in [6.45, 7) is 1.79. The number of rotatable bonds is 3. The second kappa shape index (κ2) is 4.52. The Labute approximate surface area is 98.8 Å². The van der Waals surface area contributed by atoms with Crippen LogP contribution in [0.4, 0.5) is 11.4 Å². The molecule has 0 aliphatic rings. The van der Waals surface area contributed by atoms with Crippen molar-refractivity contribution in [3.05, 3.63) is 17.7 Å². The largest absolute Gasteiger partial charge is 0.398 e. The van der Waals surface area contributed by atoms with E-state index in [4.69, 9.17) is 10.3 Å². The van der Waals surface area contributed by atoms with Crippen LogP contribution in [0.15, 0.2) is 17.0 Å². The molecule has 0 fully saturated rings. The van der Waals surface area contributed by atoms with Gasteiger partial charge in [-0.05, 0) is 24.6 Å². The molecule has 1 rings (SSSR count). The Bertz CT molecular complexity index is 498. The van der Waals surface area contributed by atoms with Crippen LogP contribution in [0.3, 0.4) is 0 Å². The lowest BCUT2D eigenvalue weighted by molar-refractivity contribution is 0.503. The van der Waals surface area contributed by atoms with Gasteiger partial charge in [0.25, 0.3) is 0 Å². The number of anilines is 2. The lowest BCUT2D eigenvalue weighted by atomic mass is 10.2. The minimum atomic E-state index is -4.14. The minimum absolute atomic E-state index is 0.339. The summed E-state index contributed by atoms with van der Waals surface area (Å²) in [5.74, 6) is 0. The summed E-state index contributed by atoms with van der Waals surface area (Å²) >= 11 is 0. The van der Waals surface area contributed by atoms with E-state index >= 15 is 0 Å². The molecular weight excluding hydrogens is 248 g/mol. The van der Waals surface area contributed by atoms with E-state index < -0.39 is 9.15 Å². The molecule has 1 aromatic rings. The molecule has 0 unspecified atom stereocenters. The van der Waals surface area contributed by atoms with Gasteiger partial charge in [-0.2, -0.15) is 8.42 Å². The SMILES string of the molecule is Cc1cc(N(C)C)cc(SS(=O)(=O)O)c1N. The third kappa shape index (κ3) is 3.29. The Kier molecular flexibility index (Phi) is 3.72. The molecule has 0 spiro atoms. The van der Waals surface area contributed by atoms with Gasteiger partial charge in [0.1, 0.15) is 0 Å². The molecule has 0 radical (unpaired) electrons. The lowest BCUT2D eigenvalue weighted by Gasteiger charge is -2.16. The molecule has 0 aromatic heterocycles. The molecule has 0 saturated carbocycles. The van der Waals surface area contributed by atoms with Crippen LogP contribution < -0.4 is 10.6 Å². The first kappa shape index (κ1) is 13.1.